The third kappa shape index (κ3) is 5.76. The van der Waals surface area contributed by atoms with Crippen molar-refractivity contribution in [2.75, 3.05) is 13.2 Å². The van der Waals surface area contributed by atoms with Gasteiger partial charge >= 0.3 is 0 Å². The molecule has 9 heavy (non-hydrogen) atoms. The van der Waals surface area contributed by atoms with Gasteiger partial charge in [0.15, 0.2) is 0 Å². The lowest BCUT2D eigenvalue weighted by Gasteiger charge is -2.07. The van der Waals surface area contributed by atoms with Crippen molar-refractivity contribution in [3.63, 3.8) is 0 Å². The van der Waals surface area contributed by atoms with E-state index >= 15 is 0 Å². The van der Waals surface area contributed by atoms with E-state index in [0.717, 1.165) is 13.0 Å². The summed E-state index contributed by atoms with van der Waals surface area (Å²) in [6.45, 7) is 5.31. The molecule has 0 bridgehead atoms. The maximum Gasteiger partial charge on any atom is 0.0992 e. The maximum absolute atomic E-state index is 5.13. The molecule has 0 aromatic carbocycles. The first-order chi connectivity index (χ1) is 4.31. The molecule has 3 heteroatoms. The third-order valence-corrected chi connectivity index (χ3v) is 0.933. The molecule has 0 aliphatic heterocycles. The van der Waals surface area contributed by atoms with Crippen LogP contribution in [0.25, 0.3) is 0 Å². The molecule has 0 radical (unpaired) electrons. The van der Waals surface area contributed by atoms with Crippen LogP contribution in [0.1, 0.15) is 20.3 Å². The average molecular weight is 133 g/mol. The Kier molecular flexibility index (Phi) is 5.93. The van der Waals surface area contributed by atoms with Gasteiger partial charge in [0.05, 0.1) is 12.7 Å². The summed E-state index contributed by atoms with van der Waals surface area (Å²) in [5, 5.41) is 0. The fraction of sp³-hybridized carbons (Fsp3) is 1.00. The first-order valence-electron chi connectivity index (χ1n) is 3.24. The van der Waals surface area contributed by atoms with Gasteiger partial charge in [-0.1, -0.05) is 6.92 Å². The molecule has 0 amide bonds. The Morgan fingerprint density at radius 3 is 2.67 bits per heavy atom. The second kappa shape index (κ2) is 6.01. The van der Waals surface area contributed by atoms with Gasteiger partial charge in [0.25, 0.3) is 0 Å². The van der Waals surface area contributed by atoms with Crippen LogP contribution in [0.2, 0.25) is 0 Å². The molecule has 0 heterocycles. The highest BCUT2D eigenvalue weighted by molar-refractivity contribution is 4.42. The molecular weight excluding hydrogens is 118 g/mol. The van der Waals surface area contributed by atoms with Gasteiger partial charge in [-0.15, -0.1) is 0 Å². The topological polar surface area (TPSA) is 44.5 Å². The van der Waals surface area contributed by atoms with Gasteiger partial charge in [0.2, 0.25) is 0 Å². The molecule has 56 valence electrons. The van der Waals surface area contributed by atoms with Gasteiger partial charge in [0, 0.05) is 6.61 Å². The van der Waals surface area contributed by atoms with E-state index in [4.69, 9.17) is 10.6 Å². The van der Waals surface area contributed by atoms with Gasteiger partial charge in [-0.3, -0.25) is 4.84 Å². The fourth-order valence-electron chi connectivity index (χ4n) is 0.433. The summed E-state index contributed by atoms with van der Waals surface area (Å²) in [7, 11) is 0. The van der Waals surface area contributed by atoms with Crippen LogP contribution in [-0.2, 0) is 9.57 Å². The molecule has 0 saturated carbocycles. The Balaban J connectivity index is 2.88. The molecule has 0 aliphatic carbocycles. The molecule has 0 saturated heterocycles. The van der Waals surface area contributed by atoms with E-state index in [9.17, 15) is 0 Å². The minimum Gasteiger partial charge on any atom is -0.379 e. The van der Waals surface area contributed by atoms with Crippen LogP contribution in [0, 0.1) is 0 Å². The molecular formula is C6H15NO2. The van der Waals surface area contributed by atoms with Crippen molar-refractivity contribution in [1.82, 2.24) is 0 Å². The van der Waals surface area contributed by atoms with Crippen molar-refractivity contribution in [2.45, 2.75) is 26.4 Å². The lowest BCUT2D eigenvalue weighted by Crippen LogP contribution is -2.19. The highest BCUT2D eigenvalue weighted by Gasteiger charge is 1.97. The normalized spacial score (nSPS) is 13.7. The Morgan fingerprint density at radius 2 is 2.22 bits per heavy atom. The van der Waals surface area contributed by atoms with Crippen molar-refractivity contribution < 1.29 is 9.57 Å². The number of rotatable bonds is 5. The van der Waals surface area contributed by atoms with Crippen molar-refractivity contribution >= 4 is 0 Å². The minimum atomic E-state index is 0.0107. The molecule has 0 aromatic heterocycles. The van der Waals surface area contributed by atoms with Crippen LogP contribution in [0.3, 0.4) is 0 Å². The van der Waals surface area contributed by atoms with Crippen LogP contribution in [0.5, 0.6) is 0 Å². The fourth-order valence-corrected chi connectivity index (χ4v) is 0.433. The molecule has 0 aromatic rings. The van der Waals surface area contributed by atoms with Crippen molar-refractivity contribution in [1.29, 1.82) is 0 Å². The van der Waals surface area contributed by atoms with Crippen LogP contribution in [0.15, 0.2) is 0 Å². The molecule has 0 rings (SSSR count). The van der Waals surface area contributed by atoms with Gasteiger partial charge in [-0.05, 0) is 13.3 Å². The predicted octanol–water partition coefficient (Wildman–Crippen LogP) is 0.692. The van der Waals surface area contributed by atoms with E-state index in [-0.39, 0.29) is 6.10 Å². The van der Waals surface area contributed by atoms with E-state index in [1.165, 1.54) is 0 Å². The van der Waals surface area contributed by atoms with Crippen LogP contribution in [-0.4, -0.2) is 19.3 Å². The first-order valence-corrected chi connectivity index (χ1v) is 3.24. The lowest BCUT2D eigenvalue weighted by molar-refractivity contribution is -0.00738. The van der Waals surface area contributed by atoms with Gasteiger partial charge in [-0.25, -0.2) is 5.90 Å². The summed E-state index contributed by atoms with van der Waals surface area (Å²) in [6.07, 6.45) is 1.05. The summed E-state index contributed by atoms with van der Waals surface area (Å²) in [5.41, 5.74) is 0. The molecule has 0 aliphatic rings. The highest BCUT2D eigenvalue weighted by atomic mass is 16.6. The number of ether oxygens (including phenoxy) is 1. The zero-order valence-electron chi connectivity index (χ0n) is 6.09. The molecule has 0 spiro atoms. The zero-order chi connectivity index (χ0) is 7.11. The quantitative estimate of drug-likeness (QED) is 0.443. The summed E-state index contributed by atoms with van der Waals surface area (Å²) in [5.74, 6) is 4.87. The highest BCUT2D eigenvalue weighted by Crippen LogP contribution is 1.87. The number of hydrogen-bond donors (Lipinski definition) is 1. The number of nitrogens with two attached hydrogens (primary N) is 1. The Labute approximate surface area is 56.1 Å². The maximum atomic E-state index is 5.13. The first kappa shape index (κ1) is 8.88. The summed E-state index contributed by atoms with van der Waals surface area (Å²) < 4.78 is 5.13. The predicted molar refractivity (Wildman–Crippen MR) is 35.8 cm³/mol. The van der Waals surface area contributed by atoms with Crippen molar-refractivity contribution in [3.05, 3.63) is 0 Å². The van der Waals surface area contributed by atoms with Gasteiger partial charge < -0.3 is 4.74 Å². The van der Waals surface area contributed by atoms with Crippen molar-refractivity contribution in [2.24, 2.45) is 5.90 Å². The van der Waals surface area contributed by atoms with E-state index < -0.39 is 0 Å². The molecule has 0 fully saturated rings. The van der Waals surface area contributed by atoms with Gasteiger partial charge in [-0.2, -0.15) is 0 Å². The zero-order valence-corrected chi connectivity index (χ0v) is 6.09. The second-order valence-electron chi connectivity index (χ2n) is 2.02. The Bertz CT molecular complexity index is 59.0. The second-order valence-corrected chi connectivity index (χ2v) is 2.02. The lowest BCUT2D eigenvalue weighted by atomic mass is 10.4. The van der Waals surface area contributed by atoms with Gasteiger partial charge in [0.1, 0.15) is 0 Å². The Hall–Kier alpha value is -0.120. The van der Waals surface area contributed by atoms with Crippen LogP contribution in [0.4, 0.5) is 0 Å². The Morgan fingerprint density at radius 1 is 1.56 bits per heavy atom. The molecule has 2 N–H and O–H groups in total. The molecule has 1 unspecified atom stereocenters. The summed E-state index contributed by atoms with van der Waals surface area (Å²) >= 11 is 0. The monoisotopic (exact) mass is 133 g/mol. The molecule has 3 nitrogen and oxygen atoms in total. The van der Waals surface area contributed by atoms with E-state index in [0.29, 0.717) is 6.61 Å². The van der Waals surface area contributed by atoms with Crippen molar-refractivity contribution in [3.8, 4) is 0 Å². The smallest absolute Gasteiger partial charge is 0.0992 e. The summed E-state index contributed by atoms with van der Waals surface area (Å²) in [6, 6.07) is 0. The van der Waals surface area contributed by atoms with E-state index in [1.807, 2.05) is 6.92 Å². The van der Waals surface area contributed by atoms with E-state index in [2.05, 4.69) is 11.8 Å². The summed E-state index contributed by atoms with van der Waals surface area (Å²) in [4.78, 5) is 4.47. The minimum absolute atomic E-state index is 0.0107. The van der Waals surface area contributed by atoms with Crippen LogP contribution >= 0.6 is 0 Å². The average Bonchev–Trinajstić information content (AvgIpc) is 1.89. The number of hydrogen-bond acceptors (Lipinski definition) is 3. The molecule has 1 atom stereocenters. The van der Waals surface area contributed by atoms with Crippen LogP contribution < -0.4 is 5.90 Å². The third-order valence-electron chi connectivity index (χ3n) is 0.933. The SMILES string of the molecule is CCCOCC(C)ON. The standard InChI is InChI=1S/C6H15NO2/c1-3-4-8-5-6(2)9-7/h6H,3-5,7H2,1-2H3. The largest absolute Gasteiger partial charge is 0.379 e. The van der Waals surface area contributed by atoms with E-state index in [1.54, 1.807) is 0 Å².